The largest absolute Gasteiger partial charge is 0.349 e. The van der Waals surface area contributed by atoms with E-state index in [-0.39, 0.29) is 42.1 Å². The average Bonchev–Trinajstić information content (AvgIpc) is 2.82. The van der Waals surface area contributed by atoms with Crippen LogP contribution in [0.1, 0.15) is 29.6 Å². The molecular formula is C15H18FNO4S. The van der Waals surface area contributed by atoms with Gasteiger partial charge in [0.1, 0.15) is 5.82 Å². The van der Waals surface area contributed by atoms with Crippen molar-refractivity contribution >= 4 is 21.5 Å². The molecule has 2 rings (SSSR count). The Hall–Kier alpha value is -1.76. The lowest BCUT2D eigenvalue weighted by Crippen LogP contribution is -2.29. The number of rotatable bonds is 6. The third kappa shape index (κ3) is 4.91. The summed E-state index contributed by atoms with van der Waals surface area (Å²) in [5, 5.41) is 2.51. The van der Waals surface area contributed by atoms with Gasteiger partial charge in [0.25, 0.3) is 0 Å². The average molecular weight is 327 g/mol. The van der Waals surface area contributed by atoms with Gasteiger partial charge in [0, 0.05) is 12.0 Å². The molecule has 22 heavy (non-hydrogen) atoms. The third-order valence-electron chi connectivity index (χ3n) is 3.72. The highest BCUT2D eigenvalue weighted by Gasteiger charge is 2.27. The first-order chi connectivity index (χ1) is 10.4. The Morgan fingerprint density at radius 3 is 2.50 bits per heavy atom. The molecule has 0 aromatic heterocycles. The number of Topliss-reactive ketones (excluding diaryl/α,β-unsaturated/α-hetero) is 1. The number of halogens is 1. The molecule has 0 saturated carbocycles. The van der Waals surface area contributed by atoms with Crippen LogP contribution in [0.5, 0.6) is 0 Å². The number of ketones is 1. The predicted molar refractivity (Wildman–Crippen MR) is 79.7 cm³/mol. The monoisotopic (exact) mass is 327 g/mol. The first-order valence-corrected chi connectivity index (χ1v) is 8.94. The summed E-state index contributed by atoms with van der Waals surface area (Å²) >= 11 is 0. The van der Waals surface area contributed by atoms with Crippen LogP contribution in [0.15, 0.2) is 24.3 Å². The molecule has 1 aliphatic heterocycles. The van der Waals surface area contributed by atoms with Gasteiger partial charge in [-0.15, -0.1) is 0 Å². The SMILES string of the molecule is O=C(CCC1CCS(=O)(=O)C1)NCC(=O)c1ccc(F)cc1. The van der Waals surface area contributed by atoms with Gasteiger partial charge in [-0.3, -0.25) is 9.59 Å². The van der Waals surface area contributed by atoms with Crippen LogP contribution in [-0.2, 0) is 14.6 Å². The second kappa shape index (κ2) is 7.00. The summed E-state index contributed by atoms with van der Waals surface area (Å²) < 4.78 is 35.4. The summed E-state index contributed by atoms with van der Waals surface area (Å²) in [4.78, 5) is 23.5. The molecular weight excluding hydrogens is 309 g/mol. The zero-order chi connectivity index (χ0) is 16.2. The fraction of sp³-hybridized carbons (Fsp3) is 0.467. The van der Waals surface area contributed by atoms with E-state index in [0.717, 1.165) is 0 Å². The van der Waals surface area contributed by atoms with Gasteiger partial charge in [0.2, 0.25) is 5.91 Å². The van der Waals surface area contributed by atoms with Gasteiger partial charge in [0.15, 0.2) is 15.6 Å². The van der Waals surface area contributed by atoms with Crippen molar-refractivity contribution in [2.45, 2.75) is 19.3 Å². The van der Waals surface area contributed by atoms with E-state index < -0.39 is 15.7 Å². The second-order valence-corrected chi connectivity index (χ2v) is 7.74. The minimum Gasteiger partial charge on any atom is -0.349 e. The highest BCUT2D eigenvalue weighted by molar-refractivity contribution is 7.91. The summed E-state index contributed by atoms with van der Waals surface area (Å²) in [6.45, 7) is -0.145. The van der Waals surface area contributed by atoms with Crippen molar-refractivity contribution < 1.29 is 22.4 Å². The first-order valence-electron chi connectivity index (χ1n) is 7.11. The van der Waals surface area contributed by atoms with E-state index in [9.17, 15) is 22.4 Å². The highest BCUT2D eigenvalue weighted by Crippen LogP contribution is 2.22. The summed E-state index contributed by atoms with van der Waals surface area (Å²) in [5.41, 5.74) is 0.337. The van der Waals surface area contributed by atoms with Gasteiger partial charge >= 0.3 is 0 Å². The van der Waals surface area contributed by atoms with E-state index in [0.29, 0.717) is 18.4 Å². The molecule has 1 fully saturated rings. The van der Waals surface area contributed by atoms with E-state index in [1.807, 2.05) is 0 Å². The molecule has 0 radical (unpaired) electrons. The molecule has 0 aliphatic carbocycles. The number of benzene rings is 1. The molecule has 1 aromatic carbocycles. The molecule has 1 saturated heterocycles. The predicted octanol–water partition coefficient (Wildman–Crippen LogP) is 1.34. The molecule has 1 heterocycles. The smallest absolute Gasteiger partial charge is 0.220 e. The Balaban J connectivity index is 1.71. The van der Waals surface area contributed by atoms with Crippen molar-refractivity contribution in [3.05, 3.63) is 35.6 Å². The maximum atomic E-state index is 12.7. The second-order valence-electron chi connectivity index (χ2n) is 5.51. The minimum absolute atomic E-state index is 0.0311. The Bertz CT molecular complexity index is 655. The van der Waals surface area contributed by atoms with Crippen LogP contribution < -0.4 is 5.32 Å². The van der Waals surface area contributed by atoms with Crippen LogP contribution in [-0.4, -0.2) is 38.2 Å². The lowest BCUT2D eigenvalue weighted by molar-refractivity contribution is -0.121. The van der Waals surface area contributed by atoms with Crippen LogP contribution in [0.4, 0.5) is 4.39 Å². The molecule has 0 spiro atoms. The fourth-order valence-electron chi connectivity index (χ4n) is 2.44. The lowest BCUT2D eigenvalue weighted by atomic mass is 10.0. The highest BCUT2D eigenvalue weighted by atomic mass is 32.2. The number of carbonyl (C=O) groups is 2. The molecule has 5 nitrogen and oxygen atoms in total. The molecule has 1 atom stereocenters. The van der Waals surface area contributed by atoms with Gasteiger partial charge in [-0.2, -0.15) is 0 Å². The molecule has 1 aromatic rings. The number of nitrogens with one attached hydrogen (secondary N) is 1. The number of amides is 1. The van der Waals surface area contributed by atoms with Crippen LogP contribution in [0, 0.1) is 11.7 Å². The third-order valence-corrected chi connectivity index (χ3v) is 5.56. The summed E-state index contributed by atoms with van der Waals surface area (Å²) in [6, 6.07) is 5.12. The number of hydrogen-bond donors (Lipinski definition) is 1. The zero-order valence-electron chi connectivity index (χ0n) is 12.0. The standard InChI is InChI=1S/C15H18FNO4S/c16-13-4-2-12(3-5-13)14(18)9-17-15(19)6-1-11-7-8-22(20,21)10-11/h2-5,11H,1,6-10H2,(H,17,19). The molecule has 1 amide bonds. The van der Waals surface area contributed by atoms with Gasteiger partial charge in [-0.25, -0.2) is 12.8 Å². The molecule has 1 aliphatic rings. The van der Waals surface area contributed by atoms with Crippen molar-refractivity contribution in [1.29, 1.82) is 0 Å². The molecule has 120 valence electrons. The van der Waals surface area contributed by atoms with Crippen molar-refractivity contribution in [3.63, 3.8) is 0 Å². The van der Waals surface area contributed by atoms with Crippen LogP contribution in [0.25, 0.3) is 0 Å². The maximum Gasteiger partial charge on any atom is 0.220 e. The van der Waals surface area contributed by atoms with E-state index >= 15 is 0 Å². The van der Waals surface area contributed by atoms with Crippen LogP contribution in [0.3, 0.4) is 0 Å². The first kappa shape index (κ1) is 16.6. The number of hydrogen-bond acceptors (Lipinski definition) is 4. The number of carbonyl (C=O) groups excluding carboxylic acids is 2. The molecule has 0 bridgehead atoms. The van der Waals surface area contributed by atoms with E-state index in [1.165, 1.54) is 24.3 Å². The van der Waals surface area contributed by atoms with E-state index in [1.54, 1.807) is 0 Å². The maximum absolute atomic E-state index is 12.7. The minimum atomic E-state index is -2.93. The molecule has 1 unspecified atom stereocenters. The van der Waals surface area contributed by atoms with E-state index in [4.69, 9.17) is 0 Å². The van der Waals surface area contributed by atoms with Crippen molar-refractivity contribution in [3.8, 4) is 0 Å². The van der Waals surface area contributed by atoms with Crippen molar-refractivity contribution in [2.75, 3.05) is 18.1 Å². The topological polar surface area (TPSA) is 80.3 Å². The lowest BCUT2D eigenvalue weighted by Gasteiger charge is -2.08. The summed E-state index contributed by atoms with van der Waals surface area (Å²) in [5.74, 6) is -0.621. The Morgan fingerprint density at radius 1 is 1.23 bits per heavy atom. The Kier molecular flexibility index (Phi) is 5.28. The summed E-state index contributed by atoms with van der Waals surface area (Å²) in [7, 11) is -2.93. The van der Waals surface area contributed by atoms with Crippen molar-refractivity contribution in [1.82, 2.24) is 5.32 Å². The Labute approximate surface area is 128 Å². The zero-order valence-corrected chi connectivity index (χ0v) is 12.9. The van der Waals surface area contributed by atoms with Crippen molar-refractivity contribution in [2.24, 2.45) is 5.92 Å². The van der Waals surface area contributed by atoms with E-state index in [2.05, 4.69) is 5.32 Å². The Morgan fingerprint density at radius 2 is 1.91 bits per heavy atom. The van der Waals surface area contributed by atoms with Crippen LogP contribution in [0.2, 0.25) is 0 Å². The van der Waals surface area contributed by atoms with Gasteiger partial charge in [-0.05, 0) is 43.0 Å². The van der Waals surface area contributed by atoms with Gasteiger partial charge in [-0.1, -0.05) is 0 Å². The van der Waals surface area contributed by atoms with Gasteiger partial charge in [0.05, 0.1) is 18.1 Å². The molecule has 1 N–H and O–H groups in total. The normalized spacial score (nSPS) is 19.8. The van der Waals surface area contributed by atoms with Crippen LogP contribution >= 0.6 is 0 Å². The quantitative estimate of drug-likeness (QED) is 0.800. The number of sulfone groups is 1. The summed E-state index contributed by atoms with van der Waals surface area (Å²) in [6.07, 6.45) is 1.32. The van der Waals surface area contributed by atoms with Gasteiger partial charge < -0.3 is 5.32 Å². The fourth-order valence-corrected chi connectivity index (χ4v) is 4.35. The molecule has 7 heteroatoms.